The van der Waals surface area contributed by atoms with Crippen molar-refractivity contribution in [3.8, 4) is 0 Å². The number of pyridine rings is 1. The van der Waals surface area contributed by atoms with Gasteiger partial charge in [0.1, 0.15) is 19.0 Å². The van der Waals surface area contributed by atoms with Gasteiger partial charge in [-0.25, -0.2) is 9.55 Å². The fourth-order valence-electron chi connectivity index (χ4n) is 3.50. The smallest absolute Gasteiger partial charge is 0.297 e. The number of ether oxygens (including phenoxy) is 1. The van der Waals surface area contributed by atoms with Gasteiger partial charge in [0.15, 0.2) is 0 Å². The largest absolute Gasteiger partial charge is 0.371 e. The predicted octanol–water partition coefficient (Wildman–Crippen LogP) is 1.92. The molecule has 1 amide bonds. The van der Waals surface area contributed by atoms with Crippen molar-refractivity contribution < 1.29 is 14.1 Å². The molecular weight excluding hydrogens is 486 g/mol. The molecule has 0 fully saturated rings. The summed E-state index contributed by atoms with van der Waals surface area (Å²) in [5.74, 6) is 1.52. The van der Waals surface area contributed by atoms with Gasteiger partial charge in [-0.05, 0) is 47.5 Å². The Balaban J connectivity index is 1.49. The quantitative estimate of drug-likeness (QED) is 0.445. The summed E-state index contributed by atoms with van der Waals surface area (Å²) in [4.78, 5) is 19.3. The lowest BCUT2D eigenvalue weighted by atomic mass is 10.1. The van der Waals surface area contributed by atoms with Crippen LogP contribution in [0, 0.1) is 0 Å². The van der Waals surface area contributed by atoms with Gasteiger partial charge in [0.2, 0.25) is 18.4 Å². The molecule has 0 aliphatic carbocycles. The highest BCUT2D eigenvalue weighted by Gasteiger charge is 2.32. The highest BCUT2D eigenvalue weighted by molar-refractivity contribution is 9.10. The molecule has 3 heterocycles. The van der Waals surface area contributed by atoms with Crippen LogP contribution in [0.15, 0.2) is 59.5 Å². The van der Waals surface area contributed by atoms with Crippen molar-refractivity contribution in [3.63, 3.8) is 0 Å². The molecule has 2 aromatic heterocycles. The van der Waals surface area contributed by atoms with Gasteiger partial charge >= 0.3 is 0 Å². The normalized spacial score (nSPS) is 14.6. The summed E-state index contributed by atoms with van der Waals surface area (Å²) in [7, 11) is 0. The average molecular weight is 515 g/mol. The van der Waals surface area contributed by atoms with Crippen LogP contribution >= 0.6 is 15.9 Å². The van der Waals surface area contributed by atoms with Crippen molar-refractivity contribution in [1.29, 1.82) is 0 Å². The van der Waals surface area contributed by atoms with Crippen molar-refractivity contribution in [2.24, 2.45) is 5.73 Å². The van der Waals surface area contributed by atoms with Gasteiger partial charge in [0, 0.05) is 15.8 Å². The van der Waals surface area contributed by atoms with Gasteiger partial charge in [-0.15, -0.1) is 0 Å². The molecule has 0 spiro atoms. The summed E-state index contributed by atoms with van der Waals surface area (Å²) in [5.41, 5.74) is 6.06. The third-order valence-corrected chi connectivity index (χ3v) is 5.86. The van der Waals surface area contributed by atoms with Gasteiger partial charge in [0.05, 0.1) is 25.2 Å². The monoisotopic (exact) mass is 514 g/mol. The molecule has 9 nitrogen and oxygen atoms in total. The second kappa shape index (κ2) is 9.98. The number of fused-ring (bicyclic) bond motifs is 1. The molecule has 0 bridgehead atoms. The predicted molar refractivity (Wildman–Crippen MR) is 127 cm³/mol. The van der Waals surface area contributed by atoms with Crippen LogP contribution in [0.25, 0.3) is 0 Å². The number of carbonyl (C=O) groups is 1. The number of hydrogen-bond donors (Lipinski definition) is 2. The number of carbonyl (C=O) groups excluding carboxylic acids is 1. The van der Waals surface area contributed by atoms with Gasteiger partial charge in [-0.2, -0.15) is 0 Å². The minimum Gasteiger partial charge on any atom is -0.371 e. The molecule has 3 N–H and O–H groups in total. The Kier molecular flexibility index (Phi) is 7.06. The van der Waals surface area contributed by atoms with E-state index in [1.807, 2.05) is 48.8 Å². The summed E-state index contributed by atoms with van der Waals surface area (Å²) in [6.45, 7) is 6.25. The molecule has 1 aromatic carbocycles. The molecule has 0 radical (unpaired) electrons. The Morgan fingerprint density at radius 2 is 2.09 bits per heavy atom. The van der Waals surface area contributed by atoms with Gasteiger partial charge in [-0.1, -0.05) is 35.0 Å². The molecule has 1 atom stereocenters. The summed E-state index contributed by atoms with van der Waals surface area (Å²) >= 11 is 3.43. The summed E-state index contributed by atoms with van der Waals surface area (Å²) in [6.07, 6.45) is 3.23. The molecular formula is C23H29BrN7O2+. The van der Waals surface area contributed by atoms with Gasteiger partial charge < -0.3 is 20.7 Å². The zero-order valence-corrected chi connectivity index (χ0v) is 20.4. The van der Waals surface area contributed by atoms with Crippen LogP contribution in [-0.4, -0.2) is 39.4 Å². The fraction of sp³-hybridized carbons (Fsp3) is 0.391. The van der Waals surface area contributed by atoms with Crippen molar-refractivity contribution in [2.45, 2.75) is 45.2 Å². The zero-order chi connectivity index (χ0) is 23.4. The van der Waals surface area contributed by atoms with Gasteiger partial charge in [0.25, 0.3) is 5.82 Å². The van der Waals surface area contributed by atoms with E-state index in [9.17, 15) is 4.79 Å². The minimum absolute atomic E-state index is 0.260. The molecule has 10 heteroatoms. The maximum absolute atomic E-state index is 12.6. The Morgan fingerprint density at radius 1 is 1.30 bits per heavy atom. The van der Waals surface area contributed by atoms with Crippen LogP contribution in [0.2, 0.25) is 0 Å². The van der Waals surface area contributed by atoms with Crippen LogP contribution in [0.1, 0.15) is 31.4 Å². The zero-order valence-electron chi connectivity index (χ0n) is 18.8. The first-order valence-corrected chi connectivity index (χ1v) is 11.6. The minimum atomic E-state index is -1.01. The molecule has 0 saturated heterocycles. The lowest BCUT2D eigenvalue weighted by Crippen LogP contribution is -2.52. The number of benzene rings is 1. The van der Waals surface area contributed by atoms with Crippen molar-refractivity contribution in [2.75, 3.05) is 18.1 Å². The number of nitrogens with zero attached hydrogens (tertiary/aromatic N) is 5. The summed E-state index contributed by atoms with van der Waals surface area (Å²) in [6, 6.07) is 13.9. The number of amides is 1. The standard InChI is InChI=1S/C23H28BrN7O2/c1-23(2,25)22(32)27-21(15-33-14-17-6-4-3-5-7-17)31-16-30-11-10-29(13-20(30)28-31)19-9-8-18(24)12-26-19/h3-9,12,16,21H,10-11,13-15,25H2,1-2H3/p+1/t21-/m0/s1. The topological polar surface area (TPSA) is 102 Å². The lowest BCUT2D eigenvalue weighted by Gasteiger charge is -2.24. The molecule has 33 heavy (non-hydrogen) atoms. The van der Waals surface area contributed by atoms with E-state index < -0.39 is 11.7 Å². The molecule has 174 valence electrons. The van der Waals surface area contributed by atoms with Crippen LogP contribution in [0.3, 0.4) is 0 Å². The number of nitrogens with one attached hydrogen (secondary N) is 1. The molecule has 1 aliphatic heterocycles. The summed E-state index contributed by atoms with van der Waals surface area (Å²) < 4.78 is 10.7. The average Bonchev–Trinajstić information content (AvgIpc) is 3.22. The van der Waals surface area contributed by atoms with E-state index in [0.29, 0.717) is 13.2 Å². The number of nitrogens with two attached hydrogens (primary N) is 1. The maximum atomic E-state index is 12.6. The molecule has 4 rings (SSSR count). The first kappa shape index (κ1) is 23.3. The van der Waals surface area contributed by atoms with Crippen molar-refractivity contribution >= 4 is 27.7 Å². The van der Waals surface area contributed by atoms with E-state index in [1.54, 1.807) is 24.7 Å². The lowest BCUT2D eigenvalue weighted by molar-refractivity contribution is -0.706. The third kappa shape index (κ3) is 5.95. The number of halogens is 1. The first-order valence-electron chi connectivity index (χ1n) is 10.8. The summed E-state index contributed by atoms with van der Waals surface area (Å²) in [5, 5.41) is 7.76. The number of rotatable bonds is 8. The second-order valence-corrected chi connectivity index (χ2v) is 9.59. The Morgan fingerprint density at radius 3 is 2.79 bits per heavy atom. The second-order valence-electron chi connectivity index (χ2n) is 8.67. The van der Waals surface area contributed by atoms with Crippen molar-refractivity contribution in [1.82, 2.24) is 20.1 Å². The Hall–Kier alpha value is -2.82. The Bertz CT molecular complexity index is 1080. The highest BCUT2D eigenvalue weighted by Crippen LogP contribution is 2.18. The van der Waals surface area contributed by atoms with E-state index in [1.165, 1.54) is 0 Å². The van der Waals surface area contributed by atoms with Crippen LogP contribution in [0.4, 0.5) is 5.82 Å². The van der Waals surface area contributed by atoms with Gasteiger partial charge in [-0.3, -0.25) is 4.79 Å². The fourth-order valence-corrected chi connectivity index (χ4v) is 3.73. The van der Waals surface area contributed by atoms with Crippen molar-refractivity contribution in [3.05, 3.63) is 70.8 Å². The van der Waals surface area contributed by atoms with Crippen LogP contribution in [-0.2, 0) is 29.2 Å². The number of aromatic nitrogens is 4. The highest BCUT2D eigenvalue weighted by atomic mass is 79.9. The first-order chi connectivity index (χ1) is 15.8. The van der Waals surface area contributed by atoms with E-state index >= 15 is 0 Å². The van der Waals surface area contributed by atoms with Crippen LogP contribution in [0.5, 0.6) is 0 Å². The van der Waals surface area contributed by atoms with Crippen LogP contribution < -0.4 is 20.5 Å². The molecule has 3 aromatic rings. The number of anilines is 1. The SMILES string of the molecule is CC(C)(N)C(=O)N[C@H](COCc1ccccc1)n1c[n+]2c(n1)CN(c1ccc(Br)cn1)CC2. The van der Waals surface area contributed by atoms with E-state index in [4.69, 9.17) is 15.6 Å². The number of hydrogen-bond acceptors (Lipinski definition) is 6. The van der Waals surface area contributed by atoms with E-state index in [2.05, 4.69) is 35.7 Å². The van der Waals surface area contributed by atoms with E-state index in [0.717, 1.165) is 34.8 Å². The molecule has 1 aliphatic rings. The Labute approximate surface area is 201 Å². The van der Waals surface area contributed by atoms with E-state index in [-0.39, 0.29) is 12.5 Å². The molecule has 0 saturated carbocycles. The maximum Gasteiger partial charge on any atom is 0.297 e. The third-order valence-electron chi connectivity index (χ3n) is 5.39. The molecule has 0 unspecified atom stereocenters.